The van der Waals surface area contributed by atoms with Crippen molar-refractivity contribution < 1.29 is 14.3 Å². The van der Waals surface area contributed by atoms with Crippen LogP contribution in [0.4, 0.5) is 0 Å². The molecule has 1 heterocycles. The van der Waals surface area contributed by atoms with Gasteiger partial charge in [-0.25, -0.2) is 4.79 Å². The van der Waals surface area contributed by atoms with Crippen LogP contribution in [0.2, 0.25) is 5.02 Å². The van der Waals surface area contributed by atoms with E-state index in [-0.39, 0.29) is 5.78 Å². The number of hydrogen-bond donors (Lipinski definition) is 0. The zero-order valence-corrected chi connectivity index (χ0v) is 15.3. The smallest absolute Gasteiger partial charge is 0.336 e. The number of carbonyl (C=O) groups is 2. The first-order chi connectivity index (χ1) is 12.0. The topological polar surface area (TPSA) is 55.7 Å². The molecule has 1 aromatic carbocycles. The number of hydrogen-bond acceptors (Lipinski definition) is 4. The number of benzene rings is 1. The normalized spacial score (nSPS) is 23.2. The van der Waals surface area contributed by atoms with Crippen molar-refractivity contribution in [3.8, 4) is 0 Å². The molecule has 5 heteroatoms. The number of esters is 1. The molecule has 1 saturated carbocycles. The van der Waals surface area contributed by atoms with Crippen molar-refractivity contribution in [2.24, 2.45) is 10.9 Å². The van der Waals surface area contributed by atoms with Gasteiger partial charge >= 0.3 is 5.97 Å². The molecule has 0 bridgehead atoms. The molecule has 2 unspecified atom stereocenters. The standard InChI is InChI=1S/C20H22ClNO3/c1-3-11-25-20(24)17-12(2)22-15-9-6-10-16(23)19(15)18(17)13-7-4-5-8-14(13)21/h4-5,7-8,18-19H,3,6,9-11H2,1-2H3. The summed E-state index contributed by atoms with van der Waals surface area (Å²) in [6.45, 7) is 4.11. The molecule has 2 aliphatic rings. The van der Waals surface area contributed by atoms with Gasteiger partial charge in [-0.15, -0.1) is 0 Å². The molecule has 0 radical (unpaired) electrons. The van der Waals surface area contributed by atoms with E-state index in [1.807, 2.05) is 32.0 Å². The second-order valence-corrected chi connectivity index (χ2v) is 6.94. The molecule has 1 aliphatic carbocycles. The van der Waals surface area contributed by atoms with Crippen molar-refractivity contribution in [1.29, 1.82) is 0 Å². The van der Waals surface area contributed by atoms with Gasteiger partial charge in [0.25, 0.3) is 0 Å². The van der Waals surface area contributed by atoms with Crippen molar-refractivity contribution >= 4 is 29.1 Å². The molecule has 3 rings (SSSR count). The minimum absolute atomic E-state index is 0.128. The van der Waals surface area contributed by atoms with Crippen molar-refractivity contribution in [3.05, 3.63) is 46.1 Å². The monoisotopic (exact) mass is 359 g/mol. The van der Waals surface area contributed by atoms with Crippen LogP contribution in [0.1, 0.15) is 51.0 Å². The predicted octanol–water partition coefficient (Wildman–Crippen LogP) is 4.47. The largest absolute Gasteiger partial charge is 0.462 e. The van der Waals surface area contributed by atoms with E-state index in [2.05, 4.69) is 4.99 Å². The van der Waals surface area contributed by atoms with E-state index in [9.17, 15) is 9.59 Å². The summed E-state index contributed by atoms with van der Waals surface area (Å²) in [6.07, 6.45) is 2.85. The molecule has 2 atom stereocenters. The Hall–Kier alpha value is -1.94. The summed E-state index contributed by atoms with van der Waals surface area (Å²) < 4.78 is 5.39. The van der Waals surface area contributed by atoms with Crippen molar-refractivity contribution in [3.63, 3.8) is 0 Å². The Balaban J connectivity index is 2.13. The molecular weight excluding hydrogens is 338 g/mol. The molecule has 0 amide bonds. The van der Waals surface area contributed by atoms with Crippen LogP contribution in [0.25, 0.3) is 0 Å². The number of halogens is 1. The Kier molecular flexibility index (Phi) is 5.38. The number of nitrogens with zero attached hydrogens (tertiary/aromatic N) is 1. The van der Waals surface area contributed by atoms with Gasteiger partial charge in [-0.1, -0.05) is 36.7 Å². The van der Waals surface area contributed by atoms with Crippen LogP contribution in [0.5, 0.6) is 0 Å². The van der Waals surface area contributed by atoms with Gasteiger partial charge in [-0.3, -0.25) is 9.79 Å². The highest BCUT2D eigenvalue weighted by Crippen LogP contribution is 2.44. The second kappa shape index (κ2) is 7.52. The molecule has 25 heavy (non-hydrogen) atoms. The molecule has 132 valence electrons. The Morgan fingerprint density at radius 1 is 1.28 bits per heavy atom. The Bertz CT molecular complexity index is 766. The average molecular weight is 360 g/mol. The highest BCUT2D eigenvalue weighted by molar-refractivity contribution is 6.31. The molecule has 1 aliphatic heterocycles. The van der Waals surface area contributed by atoms with Gasteiger partial charge in [0, 0.05) is 28.8 Å². The average Bonchev–Trinajstić information content (AvgIpc) is 2.59. The van der Waals surface area contributed by atoms with Crippen molar-refractivity contribution in [1.82, 2.24) is 0 Å². The SMILES string of the molecule is CCCOC(=O)C1=C(C)N=C2CCCC(=O)C2C1c1ccccc1Cl. The summed E-state index contributed by atoms with van der Waals surface area (Å²) >= 11 is 6.43. The number of rotatable bonds is 4. The quantitative estimate of drug-likeness (QED) is 0.745. The third-order valence-corrected chi connectivity index (χ3v) is 5.15. The van der Waals surface area contributed by atoms with Gasteiger partial charge in [-0.2, -0.15) is 0 Å². The maximum absolute atomic E-state index is 12.7. The number of fused-ring (bicyclic) bond motifs is 1. The van der Waals surface area contributed by atoms with E-state index in [4.69, 9.17) is 16.3 Å². The third kappa shape index (κ3) is 3.40. The Morgan fingerprint density at radius 3 is 2.76 bits per heavy atom. The van der Waals surface area contributed by atoms with Crippen LogP contribution >= 0.6 is 11.6 Å². The zero-order valence-electron chi connectivity index (χ0n) is 14.5. The summed E-state index contributed by atoms with van der Waals surface area (Å²) in [4.78, 5) is 30.1. The summed E-state index contributed by atoms with van der Waals surface area (Å²) in [5, 5.41) is 0.556. The molecule has 0 N–H and O–H groups in total. The van der Waals surface area contributed by atoms with Gasteiger partial charge in [0.1, 0.15) is 5.78 Å². The molecule has 0 saturated heterocycles. The van der Waals surface area contributed by atoms with E-state index in [1.54, 1.807) is 6.07 Å². The number of aliphatic imine (C=N–C) groups is 1. The fraction of sp³-hybridized carbons (Fsp3) is 0.450. The van der Waals surface area contributed by atoms with Gasteiger partial charge in [0.2, 0.25) is 0 Å². The molecule has 1 aromatic rings. The van der Waals surface area contributed by atoms with E-state index in [0.717, 1.165) is 30.5 Å². The number of ketones is 1. The fourth-order valence-electron chi connectivity index (χ4n) is 3.72. The molecular formula is C20H22ClNO3. The van der Waals surface area contributed by atoms with E-state index in [0.29, 0.717) is 29.3 Å². The summed E-state index contributed by atoms with van der Waals surface area (Å²) in [6, 6.07) is 7.40. The summed E-state index contributed by atoms with van der Waals surface area (Å²) in [5.74, 6) is -1.10. The lowest BCUT2D eigenvalue weighted by Crippen LogP contribution is -2.39. The van der Waals surface area contributed by atoms with E-state index >= 15 is 0 Å². The number of allylic oxidation sites excluding steroid dienone is 1. The number of carbonyl (C=O) groups excluding carboxylic acids is 2. The predicted molar refractivity (Wildman–Crippen MR) is 97.9 cm³/mol. The van der Waals surface area contributed by atoms with Gasteiger partial charge in [0.15, 0.2) is 0 Å². The lowest BCUT2D eigenvalue weighted by Gasteiger charge is -2.35. The first-order valence-corrected chi connectivity index (χ1v) is 9.14. The highest BCUT2D eigenvalue weighted by Gasteiger charge is 2.44. The first-order valence-electron chi connectivity index (χ1n) is 8.77. The lowest BCUT2D eigenvalue weighted by molar-refractivity contribution is -0.139. The van der Waals surface area contributed by atoms with Crippen LogP contribution in [0.15, 0.2) is 40.5 Å². The lowest BCUT2D eigenvalue weighted by atomic mass is 9.69. The third-order valence-electron chi connectivity index (χ3n) is 4.80. The number of Topliss-reactive ketones (excluding diaryl/α,β-unsaturated/α-hetero) is 1. The minimum Gasteiger partial charge on any atom is -0.462 e. The second-order valence-electron chi connectivity index (χ2n) is 6.53. The molecule has 1 fully saturated rings. The van der Waals surface area contributed by atoms with Gasteiger partial charge in [0.05, 0.1) is 18.1 Å². The van der Waals surface area contributed by atoms with Gasteiger partial charge in [-0.05, 0) is 37.8 Å². The molecule has 0 spiro atoms. The Labute approximate surface area is 152 Å². The highest BCUT2D eigenvalue weighted by atomic mass is 35.5. The van der Waals surface area contributed by atoms with Crippen molar-refractivity contribution in [2.45, 2.75) is 45.4 Å². The maximum Gasteiger partial charge on any atom is 0.336 e. The minimum atomic E-state index is -0.418. The van der Waals surface area contributed by atoms with Crippen LogP contribution in [0.3, 0.4) is 0 Å². The summed E-state index contributed by atoms with van der Waals surface area (Å²) in [7, 11) is 0. The zero-order chi connectivity index (χ0) is 18.0. The van der Waals surface area contributed by atoms with Crippen LogP contribution in [-0.2, 0) is 14.3 Å². The van der Waals surface area contributed by atoms with Crippen LogP contribution in [-0.4, -0.2) is 24.1 Å². The Morgan fingerprint density at radius 2 is 2.04 bits per heavy atom. The van der Waals surface area contributed by atoms with Gasteiger partial charge < -0.3 is 4.74 Å². The maximum atomic E-state index is 12.7. The van der Waals surface area contributed by atoms with Crippen LogP contribution < -0.4 is 0 Å². The molecule has 4 nitrogen and oxygen atoms in total. The molecule has 0 aromatic heterocycles. The van der Waals surface area contributed by atoms with E-state index < -0.39 is 17.8 Å². The van der Waals surface area contributed by atoms with E-state index in [1.165, 1.54) is 0 Å². The van der Waals surface area contributed by atoms with Crippen LogP contribution in [0, 0.1) is 5.92 Å². The first kappa shape index (κ1) is 17.9. The summed E-state index contributed by atoms with van der Waals surface area (Å²) in [5.41, 5.74) is 2.75. The van der Waals surface area contributed by atoms with Crippen molar-refractivity contribution in [2.75, 3.05) is 6.61 Å². The number of ether oxygens (including phenoxy) is 1. The fourth-order valence-corrected chi connectivity index (χ4v) is 3.97.